The van der Waals surface area contributed by atoms with E-state index in [1.54, 1.807) is 0 Å². The molecular weight excluding hydrogens is 470 g/mol. The van der Waals surface area contributed by atoms with Gasteiger partial charge in [-0.3, -0.25) is 4.79 Å². The summed E-state index contributed by atoms with van der Waals surface area (Å²) in [5.41, 5.74) is 2.12. The average Bonchev–Trinajstić information content (AvgIpc) is 3.68. The van der Waals surface area contributed by atoms with Crippen molar-refractivity contribution >= 4 is 30.0 Å². The van der Waals surface area contributed by atoms with Gasteiger partial charge in [0.1, 0.15) is 6.10 Å². The number of allylic oxidation sites excluding steroid dienone is 3. The number of amides is 1. The van der Waals surface area contributed by atoms with Crippen LogP contribution in [0.25, 0.3) is 0 Å². The number of para-hydroxylation sites is 1. The van der Waals surface area contributed by atoms with Gasteiger partial charge in [-0.2, -0.15) is 0 Å². The second kappa shape index (κ2) is 11.5. The molecule has 0 radical (unpaired) electrons. The quantitative estimate of drug-likeness (QED) is 0.152. The lowest BCUT2D eigenvalue weighted by Gasteiger charge is -2.46. The number of ether oxygens (including phenoxy) is 1. The van der Waals surface area contributed by atoms with Crippen molar-refractivity contribution in [2.24, 2.45) is 0 Å². The molecule has 0 saturated carbocycles. The van der Waals surface area contributed by atoms with E-state index in [4.69, 9.17) is 4.74 Å². The lowest BCUT2D eigenvalue weighted by Crippen LogP contribution is -2.67. The topological polar surface area (TPSA) is 41.6 Å². The van der Waals surface area contributed by atoms with Gasteiger partial charge in [-0.05, 0) is 59.4 Å². The van der Waals surface area contributed by atoms with E-state index in [9.17, 15) is 4.79 Å². The highest BCUT2D eigenvalue weighted by Gasteiger charge is 2.59. The van der Waals surface area contributed by atoms with E-state index >= 15 is 0 Å². The molecule has 3 aromatic rings. The Balaban J connectivity index is 1.82. The molecule has 1 aliphatic heterocycles. The van der Waals surface area contributed by atoms with E-state index in [1.807, 2.05) is 30.3 Å². The Morgan fingerprint density at radius 1 is 0.784 bits per heavy atom. The molecule has 0 aromatic heterocycles. The van der Waals surface area contributed by atoms with Crippen LogP contribution < -0.4 is 15.7 Å². The zero-order valence-corrected chi connectivity index (χ0v) is 23.7. The van der Waals surface area contributed by atoms with Crippen molar-refractivity contribution in [1.82, 2.24) is 0 Å². The van der Waals surface area contributed by atoms with Crippen molar-refractivity contribution in [2.75, 3.05) is 5.32 Å². The predicted octanol–water partition coefficient (Wildman–Crippen LogP) is 6.67. The summed E-state index contributed by atoms with van der Waals surface area (Å²) in [4.78, 5) is 13.3. The monoisotopic (exact) mass is 509 g/mol. The summed E-state index contributed by atoms with van der Waals surface area (Å²) < 4.78 is 6.27. The van der Waals surface area contributed by atoms with Crippen LogP contribution in [-0.2, 0) is 9.53 Å². The van der Waals surface area contributed by atoms with Crippen LogP contribution in [0, 0.1) is 0 Å². The minimum absolute atomic E-state index is 0.0650. The van der Waals surface area contributed by atoms with Crippen LogP contribution in [-0.4, -0.2) is 26.2 Å². The Bertz CT molecular complexity index is 1200. The van der Waals surface area contributed by atoms with Gasteiger partial charge < -0.3 is 10.1 Å². The number of hydrogen-bond donors (Lipinski definition) is 1. The third-order valence-electron chi connectivity index (χ3n) is 7.15. The summed E-state index contributed by atoms with van der Waals surface area (Å²) in [5.74, 6) is -0.0793. The molecule has 3 nitrogen and oxygen atoms in total. The average molecular weight is 510 g/mol. The molecule has 2 atom stereocenters. The molecule has 1 saturated heterocycles. The van der Waals surface area contributed by atoms with Crippen LogP contribution in [0.15, 0.2) is 114 Å². The van der Waals surface area contributed by atoms with Gasteiger partial charge in [-0.25, -0.2) is 0 Å². The number of epoxide rings is 1. The third-order valence-corrected chi connectivity index (χ3v) is 13.2. The summed E-state index contributed by atoms with van der Waals surface area (Å²) in [5, 5.41) is 6.98. The molecule has 1 heterocycles. The van der Waals surface area contributed by atoms with Gasteiger partial charge in [0, 0.05) is 5.69 Å². The van der Waals surface area contributed by atoms with Crippen LogP contribution in [0.1, 0.15) is 47.5 Å². The molecule has 0 bridgehead atoms. The lowest BCUT2D eigenvalue weighted by atomic mass is 10.2. The minimum atomic E-state index is -2.60. The molecule has 0 aliphatic carbocycles. The number of carbonyl (C=O) groups is 1. The van der Waals surface area contributed by atoms with Crippen molar-refractivity contribution < 1.29 is 9.53 Å². The number of anilines is 1. The zero-order chi connectivity index (χ0) is 26.5. The Hall–Kier alpha value is -3.21. The van der Waals surface area contributed by atoms with Crippen molar-refractivity contribution in [3.63, 3.8) is 0 Å². The Kier molecular flexibility index (Phi) is 8.31. The fraction of sp³-hybridized carbons (Fsp3) is 0.303. The molecule has 0 spiro atoms. The van der Waals surface area contributed by atoms with Gasteiger partial charge in [-0.15, -0.1) is 0 Å². The SMILES string of the molecule is CC(C)=CCC/C=C(\[C@H]1O[C@@H]1C(=O)Nc1ccccc1)[Si](c1ccccc1)(c1ccccc1)C(C)(C)C. The van der Waals surface area contributed by atoms with E-state index in [1.165, 1.54) is 21.1 Å². The first-order valence-electron chi connectivity index (χ1n) is 13.2. The first kappa shape index (κ1) is 26.8. The highest BCUT2D eigenvalue weighted by molar-refractivity contribution is 7.09. The van der Waals surface area contributed by atoms with Crippen molar-refractivity contribution in [1.29, 1.82) is 0 Å². The Morgan fingerprint density at radius 2 is 1.27 bits per heavy atom. The van der Waals surface area contributed by atoms with Crippen molar-refractivity contribution in [2.45, 2.75) is 64.7 Å². The van der Waals surface area contributed by atoms with E-state index in [2.05, 4.69) is 113 Å². The summed E-state index contributed by atoms with van der Waals surface area (Å²) in [6, 6.07) is 31.4. The number of carbonyl (C=O) groups excluding carboxylic acids is 1. The molecule has 0 unspecified atom stereocenters. The predicted molar refractivity (Wildman–Crippen MR) is 158 cm³/mol. The van der Waals surface area contributed by atoms with Crippen LogP contribution in [0.5, 0.6) is 0 Å². The maximum Gasteiger partial charge on any atom is 0.256 e. The maximum atomic E-state index is 13.3. The third kappa shape index (κ3) is 5.87. The van der Waals surface area contributed by atoms with Gasteiger partial charge in [0.15, 0.2) is 14.2 Å². The van der Waals surface area contributed by atoms with Gasteiger partial charge in [-0.1, -0.05) is 117 Å². The maximum absolute atomic E-state index is 13.3. The molecule has 37 heavy (non-hydrogen) atoms. The summed E-state index contributed by atoms with van der Waals surface area (Å²) in [7, 11) is -2.60. The fourth-order valence-corrected chi connectivity index (χ4v) is 11.6. The van der Waals surface area contributed by atoms with E-state index in [0.29, 0.717) is 0 Å². The normalized spacial score (nSPS) is 17.7. The van der Waals surface area contributed by atoms with Crippen LogP contribution in [0.4, 0.5) is 5.69 Å². The van der Waals surface area contributed by atoms with Gasteiger partial charge in [0.05, 0.1) is 0 Å². The second-order valence-electron chi connectivity index (χ2n) is 11.1. The number of rotatable bonds is 9. The number of unbranched alkanes of at least 4 members (excludes halogenated alkanes) is 1. The summed E-state index contributed by atoms with van der Waals surface area (Å²) in [6.45, 7) is 11.3. The smallest absolute Gasteiger partial charge is 0.256 e. The first-order valence-corrected chi connectivity index (χ1v) is 15.2. The summed E-state index contributed by atoms with van der Waals surface area (Å²) in [6.07, 6.45) is 5.85. The number of benzene rings is 3. The fourth-order valence-electron chi connectivity index (χ4n) is 5.55. The number of hydrogen-bond acceptors (Lipinski definition) is 2. The zero-order valence-electron chi connectivity index (χ0n) is 22.7. The van der Waals surface area contributed by atoms with Crippen molar-refractivity contribution in [3.05, 3.63) is 114 Å². The van der Waals surface area contributed by atoms with E-state index in [0.717, 1.165) is 18.5 Å². The van der Waals surface area contributed by atoms with Crippen molar-refractivity contribution in [3.8, 4) is 0 Å². The molecule has 4 rings (SSSR count). The van der Waals surface area contributed by atoms with Gasteiger partial charge >= 0.3 is 0 Å². The Labute approximate surface area is 223 Å². The lowest BCUT2D eigenvalue weighted by molar-refractivity contribution is -0.117. The molecule has 1 N–H and O–H groups in total. The van der Waals surface area contributed by atoms with Gasteiger partial charge in [0.2, 0.25) is 0 Å². The van der Waals surface area contributed by atoms with Crippen LogP contribution in [0.3, 0.4) is 0 Å². The largest absolute Gasteiger partial charge is 0.355 e. The summed E-state index contributed by atoms with van der Waals surface area (Å²) >= 11 is 0. The molecule has 1 fully saturated rings. The molecule has 192 valence electrons. The molecule has 4 heteroatoms. The molecule has 1 aliphatic rings. The van der Waals surface area contributed by atoms with E-state index < -0.39 is 14.2 Å². The van der Waals surface area contributed by atoms with E-state index in [-0.39, 0.29) is 17.0 Å². The second-order valence-corrected chi connectivity index (χ2v) is 15.8. The first-order chi connectivity index (χ1) is 17.7. The minimum Gasteiger partial charge on any atom is -0.355 e. The molecular formula is C33H39NO2Si. The molecule has 3 aromatic carbocycles. The highest BCUT2D eigenvalue weighted by Crippen LogP contribution is 2.46. The molecule has 1 amide bonds. The van der Waals surface area contributed by atoms with Crippen LogP contribution >= 0.6 is 0 Å². The van der Waals surface area contributed by atoms with Crippen LogP contribution in [0.2, 0.25) is 5.04 Å². The highest BCUT2D eigenvalue weighted by atomic mass is 28.3. The van der Waals surface area contributed by atoms with Gasteiger partial charge in [0.25, 0.3) is 5.91 Å². The number of nitrogens with one attached hydrogen (secondary N) is 1. The Morgan fingerprint density at radius 3 is 1.76 bits per heavy atom. The standard InChI is InChI=1S/C33H39NO2Si/c1-25(2)17-15-16-24-29(30-31(36-30)32(35)34-26-18-9-6-10-19-26)37(33(3,4)5,27-20-11-7-12-21-27)28-22-13-8-14-23-28/h6-14,17-24,30-31H,15-16H2,1-5H3,(H,34,35)/b29-24+/t30-,31+/m1/s1.